The first kappa shape index (κ1) is 20.4. The van der Waals surface area contributed by atoms with Crippen LogP contribution < -0.4 is 4.74 Å². The van der Waals surface area contributed by atoms with Crippen LogP contribution in [0.1, 0.15) is 57.8 Å². The van der Waals surface area contributed by atoms with Crippen LogP contribution in [0, 0.1) is 33.8 Å². The van der Waals surface area contributed by atoms with E-state index < -0.39 is 16.9 Å². The zero-order chi connectivity index (χ0) is 21.9. The Labute approximate surface area is 186 Å². The van der Waals surface area contributed by atoms with Crippen molar-refractivity contribution >= 4 is 11.8 Å². The number of nitro groups is 1. The van der Waals surface area contributed by atoms with Crippen molar-refractivity contribution < 1.29 is 28.7 Å². The van der Waals surface area contributed by atoms with Crippen molar-refractivity contribution in [3.63, 3.8) is 0 Å². The molecule has 6 aliphatic rings. The molecule has 2 unspecified atom stereocenters. The Kier molecular flexibility index (Phi) is 4.73. The fraction of sp³-hybridized carbons (Fsp3) is 0.708. The summed E-state index contributed by atoms with van der Waals surface area (Å²) in [6.45, 7) is 0.576. The molecule has 6 fully saturated rings. The third-order valence-electron chi connectivity index (χ3n) is 8.48. The van der Waals surface area contributed by atoms with Crippen LogP contribution in [0.4, 0.5) is 10.5 Å². The lowest BCUT2D eigenvalue weighted by molar-refractivity contribution is -0.384. The van der Waals surface area contributed by atoms with Gasteiger partial charge in [-0.2, -0.15) is 0 Å². The molecule has 1 saturated heterocycles. The van der Waals surface area contributed by atoms with E-state index in [0.717, 1.165) is 31.1 Å². The number of non-ortho nitro benzene ring substituents is 1. The molecule has 8 nitrogen and oxygen atoms in total. The number of rotatable bonds is 3. The predicted molar refractivity (Wildman–Crippen MR) is 112 cm³/mol. The number of carbonyl (C=O) groups is 1. The molecule has 1 aromatic carbocycles. The first-order valence-corrected chi connectivity index (χ1v) is 11.9. The summed E-state index contributed by atoms with van der Waals surface area (Å²) in [7, 11) is 0. The molecule has 1 aromatic rings. The maximum Gasteiger partial charge on any atom is 0.514 e. The summed E-state index contributed by atoms with van der Waals surface area (Å²) in [5.41, 5.74) is -0.441. The standard InChI is InChI=1S/C24H29NO7/c26-22(30-20-5-3-19(4-6-20)25(27)28)31-21-2-1-7-23(13-21)14-29-24(32-23)17-9-15-8-16(11-17)12-18(24)10-15/h3-6,15-18,21H,1-2,7-14H2. The van der Waals surface area contributed by atoms with Gasteiger partial charge in [-0.15, -0.1) is 0 Å². The third-order valence-corrected chi connectivity index (χ3v) is 8.48. The van der Waals surface area contributed by atoms with Gasteiger partial charge in [-0.1, -0.05) is 0 Å². The van der Waals surface area contributed by atoms with E-state index in [1.807, 2.05) is 0 Å². The number of hydrogen-bond donors (Lipinski definition) is 0. The van der Waals surface area contributed by atoms with Crippen molar-refractivity contribution in [2.75, 3.05) is 6.61 Å². The highest BCUT2D eigenvalue weighted by Crippen LogP contribution is 2.63. The predicted octanol–water partition coefficient (Wildman–Crippen LogP) is 4.99. The van der Waals surface area contributed by atoms with Gasteiger partial charge in [0.2, 0.25) is 0 Å². The Hall–Kier alpha value is -2.19. The lowest BCUT2D eigenvalue weighted by Gasteiger charge is -2.58. The minimum Gasteiger partial charge on any atom is -0.431 e. The van der Waals surface area contributed by atoms with Crippen molar-refractivity contribution in [3.8, 4) is 5.75 Å². The SMILES string of the molecule is O=C(Oc1ccc([N+](=O)[O-])cc1)OC1CCCC2(COC3(O2)C2CC4CC(C2)CC3C4)C1. The molecule has 32 heavy (non-hydrogen) atoms. The summed E-state index contributed by atoms with van der Waals surface area (Å²) in [6, 6.07) is 5.39. The molecule has 0 aromatic heterocycles. The van der Waals surface area contributed by atoms with Gasteiger partial charge >= 0.3 is 6.16 Å². The van der Waals surface area contributed by atoms with E-state index in [9.17, 15) is 14.9 Å². The van der Waals surface area contributed by atoms with E-state index in [1.165, 1.54) is 56.4 Å². The van der Waals surface area contributed by atoms with Crippen LogP contribution in [0.5, 0.6) is 5.75 Å². The van der Waals surface area contributed by atoms with Crippen LogP contribution in [-0.4, -0.2) is 35.2 Å². The van der Waals surface area contributed by atoms with Crippen LogP contribution in [0.3, 0.4) is 0 Å². The highest BCUT2D eigenvalue weighted by molar-refractivity contribution is 5.64. The largest absolute Gasteiger partial charge is 0.514 e. The van der Waals surface area contributed by atoms with Crippen molar-refractivity contribution in [2.24, 2.45) is 23.7 Å². The molecular weight excluding hydrogens is 414 g/mol. The second-order valence-electron chi connectivity index (χ2n) is 10.5. The molecule has 5 aliphatic carbocycles. The average Bonchev–Trinajstić information content (AvgIpc) is 3.11. The average molecular weight is 443 g/mol. The molecule has 0 radical (unpaired) electrons. The molecule has 5 saturated carbocycles. The molecular formula is C24H29NO7. The summed E-state index contributed by atoms with van der Waals surface area (Å²) in [5, 5.41) is 10.8. The van der Waals surface area contributed by atoms with E-state index in [1.54, 1.807) is 0 Å². The fourth-order valence-corrected chi connectivity index (χ4v) is 7.37. The van der Waals surface area contributed by atoms with Crippen LogP contribution in [-0.2, 0) is 14.2 Å². The topological polar surface area (TPSA) is 97.1 Å². The number of nitrogens with zero attached hydrogens (tertiary/aromatic N) is 1. The fourth-order valence-electron chi connectivity index (χ4n) is 7.37. The molecule has 2 spiro atoms. The maximum atomic E-state index is 12.3. The van der Waals surface area contributed by atoms with Crippen molar-refractivity contribution in [1.29, 1.82) is 0 Å². The number of benzene rings is 1. The molecule has 8 heteroatoms. The highest BCUT2D eigenvalue weighted by Gasteiger charge is 2.65. The van der Waals surface area contributed by atoms with Crippen molar-refractivity contribution in [2.45, 2.75) is 75.3 Å². The number of ether oxygens (including phenoxy) is 4. The summed E-state index contributed by atoms with van der Waals surface area (Å²) in [5.74, 6) is 2.51. The minimum atomic E-state index is -0.788. The smallest absolute Gasteiger partial charge is 0.431 e. The van der Waals surface area contributed by atoms with Gasteiger partial charge in [0.15, 0.2) is 5.79 Å². The van der Waals surface area contributed by atoms with Gasteiger partial charge in [0.25, 0.3) is 5.69 Å². The van der Waals surface area contributed by atoms with Crippen molar-refractivity contribution in [1.82, 2.24) is 0 Å². The first-order chi connectivity index (χ1) is 15.4. The summed E-state index contributed by atoms with van der Waals surface area (Å²) >= 11 is 0. The first-order valence-electron chi connectivity index (χ1n) is 11.9. The second kappa shape index (κ2) is 7.42. The Balaban J connectivity index is 1.09. The Bertz CT molecular complexity index is 887. The maximum absolute atomic E-state index is 12.3. The van der Waals surface area contributed by atoms with E-state index in [0.29, 0.717) is 24.9 Å². The third kappa shape index (κ3) is 3.39. The van der Waals surface area contributed by atoms with E-state index in [4.69, 9.17) is 18.9 Å². The van der Waals surface area contributed by atoms with Gasteiger partial charge in [0, 0.05) is 30.4 Å². The Morgan fingerprint density at radius 3 is 2.41 bits per heavy atom. The zero-order valence-electron chi connectivity index (χ0n) is 18.1. The quantitative estimate of drug-likeness (QED) is 0.281. The van der Waals surface area contributed by atoms with Crippen LogP contribution in [0.15, 0.2) is 24.3 Å². The lowest BCUT2D eigenvalue weighted by Crippen LogP contribution is -2.59. The van der Waals surface area contributed by atoms with Gasteiger partial charge in [0.1, 0.15) is 11.9 Å². The number of hydrogen-bond acceptors (Lipinski definition) is 7. The molecule has 0 N–H and O–H groups in total. The van der Waals surface area contributed by atoms with Gasteiger partial charge in [-0.05, 0) is 75.3 Å². The van der Waals surface area contributed by atoms with Crippen LogP contribution >= 0.6 is 0 Å². The normalized spacial score (nSPS) is 41.8. The van der Waals surface area contributed by atoms with E-state index in [-0.39, 0.29) is 23.1 Å². The molecule has 7 rings (SSSR count). The van der Waals surface area contributed by atoms with E-state index in [2.05, 4.69) is 0 Å². The second-order valence-corrected chi connectivity index (χ2v) is 10.5. The zero-order valence-corrected chi connectivity index (χ0v) is 18.1. The summed E-state index contributed by atoms with van der Waals surface area (Å²) in [4.78, 5) is 22.6. The Morgan fingerprint density at radius 1 is 1.06 bits per heavy atom. The van der Waals surface area contributed by atoms with Gasteiger partial charge in [-0.3, -0.25) is 10.1 Å². The molecule has 1 aliphatic heterocycles. The van der Waals surface area contributed by atoms with Gasteiger partial charge in [-0.25, -0.2) is 4.79 Å². The highest BCUT2D eigenvalue weighted by atomic mass is 16.8. The number of carbonyl (C=O) groups excluding carboxylic acids is 1. The summed E-state index contributed by atoms with van der Waals surface area (Å²) in [6.07, 6.45) is 8.45. The molecule has 2 atom stereocenters. The van der Waals surface area contributed by atoms with Crippen molar-refractivity contribution in [3.05, 3.63) is 34.4 Å². The monoisotopic (exact) mass is 443 g/mol. The van der Waals surface area contributed by atoms with Crippen LogP contribution in [0.25, 0.3) is 0 Å². The molecule has 4 bridgehead atoms. The number of nitro benzene ring substituents is 1. The van der Waals surface area contributed by atoms with Gasteiger partial charge < -0.3 is 18.9 Å². The molecule has 0 amide bonds. The molecule has 172 valence electrons. The minimum absolute atomic E-state index is 0.0583. The van der Waals surface area contributed by atoms with E-state index >= 15 is 0 Å². The molecule has 1 heterocycles. The summed E-state index contributed by atoms with van der Waals surface area (Å²) < 4.78 is 24.3. The Morgan fingerprint density at radius 2 is 1.75 bits per heavy atom. The lowest BCUT2D eigenvalue weighted by atomic mass is 9.53. The van der Waals surface area contributed by atoms with Gasteiger partial charge in [0.05, 0.1) is 17.1 Å². The van der Waals surface area contributed by atoms with Crippen LogP contribution in [0.2, 0.25) is 0 Å².